The molecule has 2 unspecified atom stereocenters. The minimum Gasteiger partial charge on any atom is -0.497 e. The Morgan fingerprint density at radius 2 is 2.32 bits per heavy atom. The molecule has 1 fully saturated rings. The fraction of sp³-hybridized carbons (Fsp3) is 0.421. The number of nitrogens with one attached hydrogen (secondary N) is 1. The molecule has 0 bridgehead atoms. The largest absolute Gasteiger partial charge is 0.497 e. The number of aryl methyl sites for hydroxylation is 1. The van der Waals surface area contributed by atoms with Gasteiger partial charge in [-0.15, -0.1) is 6.58 Å². The van der Waals surface area contributed by atoms with Gasteiger partial charge in [-0.05, 0) is 67.5 Å². The summed E-state index contributed by atoms with van der Waals surface area (Å²) in [7, 11) is 1.71. The fourth-order valence-electron chi connectivity index (χ4n) is 3.44. The zero-order valence-corrected chi connectivity index (χ0v) is 13.2. The molecule has 22 heavy (non-hydrogen) atoms. The minimum absolute atomic E-state index is 0.594. The highest BCUT2D eigenvalue weighted by atomic mass is 16.5. The Bertz CT molecular complexity index is 653. The lowest BCUT2D eigenvalue weighted by Crippen LogP contribution is -2.35. The third kappa shape index (κ3) is 3.14. The number of aromatic nitrogens is 1. The van der Waals surface area contributed by atoms with Crippen molar-refractivity contribution in [1.29, 1.82) is 0 Å². The lowest BCUT2D eigenvalue weighted by molar-refractivity contribution is 0.285. The molecule has 1 aliphatic rings. The molecule has 1 N–H and O–H groups in total. The maximum absolute atomic E-state index is 5.36. The molecular weight excluding hydrogens is 272 g/mol. The molecule has 1 aromatic heterocycles. The number of rotatable bonds is 5. The molecule has 0 saturated carbocycles. The van der Waals surface area contributed by atoms with Crippen LogP contribution in [0.25, 0.3) is 10.9 Å². The first kappa shape index (κ1) is 15.0. The van der Waals surface area contributed by atoms with Crippen LogP contribution in [0.2, 0.25) is 0 Å². The average Bonchev–Trinajstić information content (AvgIpc) is 2.59. The molecule has 3 nitrogen and oxygen atoms in total. The van der Waals surface area contributed by atoms with Crippen LogP contribution in [-0.4, -0.2) is 25.2 Å². The van der Waals surface area contributed by atoms with Crippen molar-refractivity contribution in [2.75, 3.05) is 20.2 Å². The second kappa shape index (κ2) is 6.93. The van der Waals surface area contributed by atoms with Gasteiger partial charge < -0.3 is 10.1 Å². The van der Waals surface area contributed by atoms with E-state index in [1.165, 1.54) is 23.8 Å². The molecule has 0 spiro atoms. The summed E-state index contributed by atoms with van der Waals surface area (Å²) in [5, 5.41) is 4.67. The molecule has 1 aliphatic heterocycles. The van der Waals surface area contributed by atoms with Crippen LogP contribution < -0.4 is 10.1 Å². The Hall–Kier alpha value is -1.87. The first-order valence-corrected chi connectivity index (χ1v) is 8.06. The first-order valence-electron chi connectivity index (χ1n) is 8.06. The van der Waals surface area contributed by atoms with Gasteiger partial charge in [-0.1, -0.05) is 6.08 Å². The Morgan fingerprint density at radius 1 is 1.41 bits per heavy atom. The molecule has 0 aliphatic carbocycles. The Labute approximate surface area is 132 Å². The quantitative estimate of drug-likeness (QED) is 0.856. The van der Waals surface area contributed by atoms with Crippen molar-refractivity contribution in [3.8, 4) is 5.75 Å². The predicted octanol–water partition coefficient (Wildman–Crippen LogP) is 3.59. The van der Waals surface area contributed by atoms with Crippen molar-refractivity contribution in [3.05, 3.63) is 48.7 Å². The molecule has 1 aromatic carbocycles. The van der Waals surface area contributed by atoms with E-state index in [1.54, 1.807) is 7.11 Å². The number of benzene rings is 1. The van der Waals surface area contributed by atoms with E-state index in [0.717, 1.165) is 36.7 Å². The Morgan fingerprint density at radius 3 is 3.14 bits per heavy atom. The Kier molecular flexibility index (Phi) is 4.74. The summed E-state index contributed by atoms with van der Waals surface area (Å²) < 4.78 is 5.36. The summed E-state index contributed by atoms with van der Waals surface area (Å²) in [6, 6.07) is 8.26. The van der Waals surface area contributed by atoms with E-state index >= 15 is 0 Å². The predicted molar refractivity (Wildman–Crippen MR) is 91.3 cm³/mol. The molecule has 2 heterocycles. The molecule has 116 valence electrons. The van der Waals surface area contributed by atoms with E-state index in [-0.39, 0.29) is 0 Å². The normalized spacial score (nSPS) is 21.7. The first-order chi connectivity index (χ1) is 10.8. The Balaban J connectivity index is 1.79. The number of hydrogen-bond donors (Lipinski definition) is 1. The third-order valence-electron chi connectivity index (χ3n) is 4.80. The highest BCUT2D eigenvalue weighted by molar-refractivity contribution is 5.83. The van der Waals surface area contributed by atoms with Crippen molar-refractivity contribution < 1.29 is 4.74 Å². The number of ether oxygens (including phenoxy) is 1. The minimum atomic E-state index is 0.594. The molecule has 1 saturated heterocycles. The molecule has 3 heteroatoms. The summed E-state index contributed by atoms with van der Waals surface area (Å²) in [4.78, 5) is 4.46. The van der Waals surface area contributed by atoms with Gasteiger partial charge in [0.15, 0.2) is 0 Å². The molecule has 2 atom stereocenters. The van der Waals surface area contributed by atoms with Crippen LogP contribution >= 0.6 is 0 Å². The highest BCUT2D eigenvalue weighted by Gasteiger charge is 2.22. The lowest BCUT2D eigenvalue weighted by atomic mass is 9.82. The summed E-state index contributed by atoms with van der Waals surface area (Å²) >= 11 is 0. The van der Waals surface area contributed by atoms with Gasteiger partial charge in [0.1, 0.15) is 5.75 Å². The second-order valence-electron chi connectivity index (χ2n) is 6.04. The molecule has 2 aromatic rings. The van der Waals surface area contributed by atoms with Crippen LogP contribution in [0.3, 0.4) is 0 Å². The fourth-order valence-corrected chi connectivity index (χ4v) is 3.44. The van der Waals surface area contributed by atoms with E-state index in [9.17, 15) is 0 Å². The van der Waals surface area contributed by atoms with E-state index in [4.69, 9.17) is 4.74 Å². The standard InChI is InChI=1S/C19H24N2O/c1-3-14-13-20-10-8-15(14)4-5-16-9-11-21-19-7-6-17(22-2)12-18(16)19/h3,6-7,9,11-12,14-15,20H,1,4-5,8,10,13H2,2H3. The van der Waals surface area contributed by atoms with Crippen LogP contribution in [0.5, 0.6) is 5.75 Å². The van der Waals surface area contributed by atoms with Gasteiger partial charge >= 0.3 is 0 Å². The van der Waals surface area contributed by atoms with Gasteiger partial charge in [-0.3, -0.25) is 4.98 Å². The summed E-state index contributed by atoms with van der Waals surface area (Å²) in [5.41, 5.74) is 2.41. The molecule has 0 amide bonds. The number of nitrogens with zero attached hydrogens (tertiary/aromatic N) is 1. The van der Waals surface area contributed by atoms with Gasteiger partial charge in [0.25, 0.3) is 0 Å². The van der Waals surface area contributed by atoms with Crippen LogP contribution in [-0.2, 0) is 6.42 Å². The summed E-state index contributed by atoms with van der Waals surface area (Å²) in [5.74, 6) is 2.22. The maximum Gasteiger partial charge on any atom is 0.119 e. The van der Waals surface area contributed by atoms with Crippen molar-refractivity contribution in [3.63, 3.8) is 0 Å². The van der Waals surface area contributed by atoms with Gasteiger partial charge in [0.05, 0.1) is 12.6 Å². The van der Waals surface area contributed by atoms with Crippen LogP contribution in [0.1, 0.15) is 18.4 Å². The maximum atomic E-state index is 5.36. The smallest absolute Gasteiger partial charge is 0.119 e. The van der Waals surface area contributed by atoms with Crippen LogP contribution in [0, 0.1) is 11.8 Å². The van der Waals surface area contributed by atoms with Gasteiger partial charge in [-0.2, -0.15) is 0 Å². The second-order valence-corrected chi connectivity index (χ2v) is 6.04. The zero-order valence-electron chi connectivity index (χ0n) is 13.2. The molecule has 0 radical (unpaired) electrons. The SMILES string of the molecule is C=CC1CNCCC1CCc1ccnc2ccc(OC)cc12. The van der Waals surface area contributed by atoms with E-state index < -0.39 is 0 Å². The van der Waals surface area contributed by atoms with E-state index in [2.05, 4.69) is 35.1 Å². The van der Waals surface area contributed by atoms with E-state index in [1.807, 2.05) is 18.3 Å². The van der Waals surface area contributed by atoms with Crippen molar-refractivity contribution in [1.82, 2.24) is 10.3 Å². The lowest BCUT2D eigenvalue weighted by Gasteiger charge is -2.30. The summed E-state index contributed by atoms with van der Waals surface area (Å²) in [6.07, 6.45) is 7.56. The number of fused-ring (bicyclic) bond motifs is 1. The number of methoxy groups -OCH3 is 1. The third-order valence-corrected chi connectivity index (χ3v) is 4.80. The van der Waals surface area contributed by atoms with Gasteiger partial charge in [0.2, 0.25) is 0 Å². The van der Waals surface area contributed by atoms with Gasteiger partial charge in [0, 0.05) is 18.1 Å². The average molecular weight is 296 g/mol. The summed E-state index contributed by atoms with van der Waals surface area (Å²) in [6.45, 7) is 6.19. The molecule has 3 rings (SSSR count). The number of pyridine rings is 1. The van der Waals surface area contributed by atoms with E-state index in [0.29, 0.717) is 5.92 Å². The van der Waals surface area contributed by atoms with Crippen LogP contribution in [0.15, 0.2) is 43.1 Å². The molecular formula is C19H24N2O. The van der Waals surface area contributed by atoms with Crippen molar-refractivity contribution in [2.24, 2.45) is 11.8 Å². The number of hydrogen-bond acceptors (Lipinski definition) is 3. The highest BCUT2D eigenvalue weighted by Crippen LogP contribution is 2.28. The van der Waals surface area contributed by atoms with Crippen molar-refractivity contribution >= 4 is 10.9 Å². The zero-order chi connectivity index (χ0) is 15.4. The number of piperidine rings is 1. The topological polar surface area (TPSA) is 34.2 Å². The van der Waals surface area contributed by atoms with Crippen LogP contribution in [0.4, 0.5) is 0 Å². The van der Waals surface area contributed by atoms with Gasteiger partial charge in [-0.25, -0.2) is 0 Å². The van der Waals surface area contributed by atoms with Crippen molar-refractivity contribution in [2.45, 2.75) is 19.3 Å². The monoisotopic (exact) mass is 296 g/mol.